The highest BCUT2D eigenvalue weighted by Gasteiger charge is 2.40. The largest absolute Gasteiger partial charge is 0.423 e. The van der Waals surface area contributed by atoms with E-state index in [2.05, 4.69) is 12.2 Å². The third-order valence-corrected chi connectivity index (χ3v) is 6.14. The number of hydrogen-bond acceptors (Lipinski definition) is 5. The number of esters is 1. The minimum atomic E-state index is -0.728. The number of amides is 2. The molecule has 178 valence electrons. The van der Waals surface area contributed by atoms with E-state index in [1.165, 1.54) is 29.8 Å². The summed E-state index contributed by atoms with van der Waals surface area (Å²) in [7, 11) is 0. The van der Waals surface area contributed by atoms with E-state index in [-0.39, 0.29) is 21.4 Å². The molecule has 1 N–H and O–H groups in total. The van der Waals surface area contributed by atoms with Gasteiger partial charge in [0.25, 0.3) is 11.8 Å². The Hall–Kier alpha value is -3.32. The maximum atomic E-state index is 13.0. The Balaban J connectivity index is 1.46. The summed E-state index contributed by atoms with van der Waals surface area (Å²) in [5, 5.41) is 3.03. The summed E-state index contributed by atoms with van der Waals surface area (Å²) in [5.41, 5.74) is 1.94. The number of carbonyl (C=O) groups excluding carboxylic acids is 3. The average Bonchev–Trinajstić information content (AvgIpc) is 3.05. The van der Waals surface area contributed by atoms with E-state index in [0.29, 0.717) is 22.0 Å². The fourth-order valence-corrected chi connectivity index (χ4v) is 4.08. The lowest BCUT2D eigenvalue weighted by Gasteiger charge is -2.17. The lowest BCUT2D eigenvalue weighted by atomic mass is 10.1. The van der Waals surface area contributed by atoms with E-state index in [1.54, 1.807) is 30.3 Å². The molecule has 0 spiro atoms. The SMILES string of the molecule is CCCc1ccc(OC(=O)c2ccc(NC3=C(Cl)C(=O)N(c4cc(Cl)ccc4Cl)C3=O)cc2)cc1. The van der Waals surface area contributed by atoms with E-state index in [1.807, 2.05) is 12.1 Å². The van der Waals surface area contributed by atoms with Crippen molar-refractivity contribution in [1.29, 1.82) is 0 Å². The molecule has 6 nitrogen and oxygen atoms in total. The maximum Gasteiger partial charge on any atom is 0.343 e. The number of carbonyl (C=O) groups is 3. The highest BCUT2D eigenvalue weighted by atomic mass is 35.5. The fourth-order valence-electron chi connectivity index (χ4n) is 3.50. The Morgan fingerprint density at radius 2 is 1.60 bits per heavy atom. The number of rotatable bonds is 7. The van der Waals surface area contributed by atoms with E-state index >= 15 is 0 Å². The standard InChI is InChI=1S/C26H19Cl3N2O4/c1-2-3-15-4-11-19(12-5-15)35-26(34)16-6-9-18(10-7-16)30-23-22(29)24(32)31(25(23)33)21-14-17(27)8-13-20(21)28/h4-14,30H,2-3H2,1H3. The Morgan fingerprint density at radius 1 is 0.914 bits per heavy atom. The van der Waals surface area contributed by atoms with Gasteiger partial charge in [-0.2, -0.15) is 0 Å². The first-order chi connectivity index (χ1) is 16.8. The third-order valence-electron chi connectivity index (χ3n) is 5.24. The first-order valence-corrected chi connectivity index (χ1v) is 11.8. The van der Waals surface area contributed by atoms with Crippen molar-refractivity contribution in [2.24, 2.45) is 0 Å². The number of imide groups is 1. The van der Waals surface area contributed by atoms with Crippen molar-refractivity contribution in [1.82, 2.24) is 0 Å². The molecule has 0 aliphatic carbocycles. The number of halogens is 3. The minimum Gasteiger partial charge on any atom is -0.423 e. The highest BCUT2D eigenvalue weighted by Crippen LogP contribution is 2.35. The molecule has 1 aliphatic heterocycles. The third kappa shape index (κ3) is 5.35. The van der Waals surface area contributed by atoms with Crippen molar-refractivity contribution in [3.05, 3.63) is 98.6 Å². The first-order valence-electron chi connectivity index (χ1n) is 10.7. The summed E-state index contributed by atoms with van der Waals surface area (Å²) in [4.78, 5) is 39.0. The predicted octanol–water partition coefficient (Wildman–Crippen LogP) is 6.60. The van der Waals surface area contributed by atoms with Gasteiger partial charge in [-0.25, -0.2) is 9.69 Å². The summed E-state index contributed by atoms with van der Waals surface area (Å²) < 4.78 is 5.42. The number of hydrogen-bond donors (Lipinski definition) is 1. The molecular weight excluding hydrogens is 511 g/mol. The molecule has 35 heavy (non-hydrogen) atoms. The number of ether oxygens (including phenoxy) is 1. The van der Waals surface area contributed by atoms with Gasteiger partial charge in [-0.3, -0.25) is 9.59 Å². The van der Waals surface area contributed by atoms with Crippen LogP contribution in [0.3, 0.4) is 0 Å². The van der Waals surface area contributed by atoms with E-state index in [4.69, 9.17) is 39.5 Å². The zero-order chi connectivity index (χ0) is 25.1. The lowest BCUT2D eigenvalue weighted by Crippen LogP contribution is -2.32. The molecule has 0 saturated heterocycles. The average molecular weight is 530 g/mol. The van der Waals surface area contributed by atoms with Crippen LogP contribution >= 0.6 is 34.8 Å². The molecule has 2 amide bonds. The Labute approximate surface area is 217 Å². The summed E-state index contributed by atoms with van der Waals surface area (Å²) in [5.74, 6) is -1.48. The van der Waals surface area contributed by atoms with E-state index < -0.39 is 17.8 Å². The van der Waals surface area contributed by atoms with Crippen molar-refractivity contribution in [2.75, 3.05) is 10.2 Å². The van der Waals surface area contributed by atoms with Gasteiger partial charge in [0.1, 0.15) is 16.5 Å². The van der Waals surface area contributed by atoms with Crippen LogP contribution < -0.4 is 15.0 Å². The molecule has 0 bridgehead atoms. The lowest BCUT2D eigenvalue weighted by molar-refractivity contribution is -0.120. The minimum absolute atomic E-state index is 0.116. The zero-order valence-corrected chi connectivity index (χ0v) is 20.7. The van der Waals surface area contributed by atoms with E-state index in [9.17, 15) is 14.4 Å². The molecule has 4 rings (SSSR count). The second-order valence-corrected chi connectivity index (χ2v) is 8.94. The van der Waals surface area contributed by atoms with Gasteiger partial charge in [0.2, 0.25) is 0 Å². The molecule has 9 heteroatoms. The topological polar surface area (TPSA) is 75.7 Å². The van der Waals surface area contributed by atoms with Crippen molar-refractivity contribution in [3.63, 3.8) is 0 Å². The molecule has 3 aromatic carbocycles. The van der Waals surface area contributed by atoms with Crippen LogP contribution in [-0.2, 0) is 16.0 Å². The van der Waals surface area contributed by atoms with Gasteiger partial charge in [0, 0.05) is 10.7 Å². The Kier molecular flexibility index (Phi) is 7.45. The van der Waals surface area contributed by atoms with Crippen LogP contribution in [0.2, 0.25) is 10.0 Å². The van der Waals surface area contributed by atoms with E-state index in [0.717, 1.165) is 17.7 Å². The van der Waals surface area contributed by atoms with Crippen LogP contribution in [0.1, 0.15) is 29.3 Å². The molecule has 1 heterocycles. The van der Waals surface area contributed by atoms with Crippen molar-refractivity contribution in [3.8, 4) is 5.75 Å². The summed E-state index contributed by atoms with van der Waals surface area (Å²) in [6.07, 6.45) is 1.99. The predicted molar refractivity (Wildman–Crippen MR) is 137 cm³/mol. The second kappa shape index (κ2) is 10.5. The number of nitrogens with one attached hydrogen (secondary N) is 1. The van der Waals surface area contributed by atoms with Crippen LogP contribution in [0.15, 0.2) is 77.5 Å². The van der Waals surface area contributed by atoms with Crippen molar-refractivity contribution in [2.45, 2.75) is 19.8 Å². The zero-order valence-electron chi connectivity index (χ0n) is 18.5. The summed E-state index contributed by atoms with van der Waals surface area (Å²) >= 11 is 18.3. The Bertz CT molecular complexity index is 1340. The smallest absolute Gasteiger partial charge is 0.343 e. The Morgan fingerprint density at radius 3 is 2.26 bits per heavy atom. The molecule has 0 unspecified atom stereocenters. The van der Waals surface area contributed by atoms with Gasteiger partial charge in [0.05, 0.1) is 16.3 Å². The fraction of sp³-hybridized carbons (Fsp3) is 0.115. The van der Waals surface area contributed by atoms with Crippen LogP contribution in [0, 0.1) is 0 Å². The summed E-state index contributed by atoms with van der Waals surface area (Å²) in [6, 6.07) is 18.0. The van der Waals surface area contributed by atoms with Gasteiger partial charge in [0.15, 0.2) is 0 Å². The molecular formula is C26H19Cl3N2O4. The van der Waals surface area contributed by atoms with Gasteiger partial charge < -0.3 is 10.1 Å². The maximum absolute atomic E-state index is 13.0. The number of benzene rings is 3. The molecule has 1 aliphatic rings. The number of anilines is 2. The van der Waals surface area contributed by atoms with Gasteiger partial charge in [-0.05, 0) is 66.6 Å². The molecule has 0 radical (unpaired) electrons. The van der Waals surface area contributed by atoms with Gasteiger partial charge in [-0.15, -0.1) is 0 Å². The summed E-state index contributed by atoms with van der Waals surface area (Å²) in [6.45, 7) is 2.10. The highest BCUT2D eigenvalue weighted by molar-refractivity contribution is 6.54. The number of nitrogens with zero attached hydrogens (tertiary/aromatic N) is 1. The normalized spacial score (nSPS) is 13.4. The van der Waals surface area contributed by atoms with Gasteiger partial charge in [-0.1, -0.05) is 60.3 Å². The quantitative estimate of drug-likeness (QED) is 0.212. The van der Waals surface area contributed by atoms with Crippen LogP contribution in [0.25, 0.3) is 0 Å². The molecule has 0 aromatic heterocycles. The van der Waals surface area contributed by atoms with Crippen molar-refractivity contribution >= 4 is 64.0 Å². The van der Waals surface area contributed by atoms with Crippen LogP contribution in [0.5, 0.6) is 5.75 Å². The second-order valence-electron chi connectivity index (χ2n) is 7.72. The van der Waals surface area contributed by atoms with Crippen molar-refractivity contribution < 1.29 is 19.1 Å². The number of aryl methyl sites for hydroxylation is 1. The molecule has 3 aromatic rings. The molecule has 0 atom stereocenters. The first kappa shape index (κ1) is 24.8. The van der Waals surface area contributed by atoms with Crippen LogP contribution in [-0.4, -0.2) is 17.8 Å². The van der Waals surface area contributed by atoms with Gasteiger partial charge >= 0.3 is 5.97 Å². The molecule has 0 fully saturated rings. The monoisotopic (exact) mass is 528 g/mol. The van der Waals surface area contributed by atoms with Crippen LogP contribution in [0.4, 0.5) is 11.4 Å². The molecule has 0 saturated carbocycles.